The van der Waals surface area contributed by atoms with Crippen LogP contribution in [0.25, 0.3) is 0 Å². The van der Waals surface area contributed by atoms with E-state index in [0.717, 1.165) is 12.8 Å². The van der Waals surface area contributed by atoms with Crippen LogP contribution in [0.5, 0.6) is 0 Å². The third kappa shape index (κ3) is 4.43. The molecule has 0 aromatic carbocycles. The minimum atomic E-state index is -0.569. The van der Waals surface area contributed by atoms with Crippen LogP contribution in [-0.2, 0) is 0 Å². The first-order valence-electron chi connectivity index (χ1n) is 3.84. The largest absolute Gasteiger partial charge is 0.247 e. The number of halogens is 1. The summed E-state index contributed by atoms with van der Waals surface area (Å²) in [4.78, 5) is 0. The van der Waals surface area contributed by atoms with Crippen LogP contribution >= 0.6 is 0 Å². The van der Waals surface area contributed by atoms with Gasteiger partial charge in [-0.3, -0.25) is 0 Å². The van der Waals surface area contributed by atoms with Gasteiger partial charge in [-0.1, -0.05) is 27.2 Å². The molecule has 2 atom stereocenters. The molecule has 0 aromatic rings. The van der Waals surface area contributed by atoms with E-state index >= 15 is 0 Å². The van der Waals surface area contributed by atoms with Gasteiger partial charge in [-0.15, -0.1) is 0 Å². The van der Waals surface area contributed by atoms with Crippen molar-refractivity contribution in [3.8, 4) is 0 Å². The first kappa shape index (κ1) is 8.93. The molecule has 0 aliphatic carbocycles. The first-order valence-corrected chi connectivity index (χ1v) is 3.84. The summed E-state index contributed by atoms with van der Waals surface area (Å²) in [6.45, 7) is 6.10. The normalized spacial score (nSPS) is 17.3. The molecular weight excluding hydrogens is 115 g/mol. The van der Waals surface area contributed by atoms with E-state index in [1.165, 1.54) is 0 Å². The Balaban J connectivity index is 3.22. The van der Waals surface area contributed by atoms with Crippen molar-refractivity contribution in [3.05, 3.63) is 0 Å². The molecule has 56 valence electrons. The maximum absolute atomic E-state index is 12.6. The van der Waals surface area contributed by atoms with E-state index in [9.17, 15) is 4.39 Å². The lowest BCUT2D eigenvalue weighted by atomic mass is 10.0. The van der Waals surface area contributed by atoms with Gasteiger partial charge in [-0.2, -0.15) is 0 Å². The van der Waals surface area contributed by atoms with E-state index in [4.69, 9.17) is 0 Å². The van der Waals surface area contributed by atoms with Crippen molar-refractivity contribution in [2.45, 2.75) is 46.2 Å². The van der Waals surface area contributed by atoms with Gasteiger partial charge < -0.3 is 0 Å². The number of hydrogen-bond donors (Lipinski definition) is 0. The molecule has 0 aromatic heterocycles. The van der Waals surface area contributed by atoms with E-state index in [2.05, 4.69) is 13.8 Å². The van der Waals surface area contributed by atoms with Crippen LogP contribution in [0, 0.1) is 5.92 Å². The highest BCUT2D eigenvalue weighted by Gasteiger charge is 2.06. The van der Waals surface area contributed by atoms with Crippen molar-refractivity contribution in [3.63, 3.8) is 0 Å². The lowest BCUT2D eigenvalue weighted by molar-refractivity contribution is 0.265. The Hall–Kier alpha value is -0.0700. The van der Waals surface area contributed by atoms with Crippen LogP contribution in [0.15, 0.2) is 0 Å². The third-order valence-electron chi connectivity index (χ3n) is 1.80. The zero-order valence-corrected chi connectivity index (χ0v) is 6.65. The molecule has 0 radical (unpaired) electrons. The highest BCUT2D eigenvalue weighted by Crippen LogP contribution is 2.13. The molecule has 0 amide bonds. The fourth-order valence-corrected chi connectivity index (χ4v) is 0.770. The van der Waals surface area contributed by atoms with E-state index in [0.29, 0.717) is 12.3 Å². The Kier molecular flexibility index (Phi) is 4.74. The zero-order chi connectivity index (χ0) is 7.28. The Morgan fingerprint density at radius 3 is 2.11 bits per heavy atom. The molecule has 9 heavy (non-hydrogen) atoms. The van der Waals surface area contributed by atoms with E-state index in [1.807, 2.05) is 6.92 Å². The first-order chi connectivity index (χ1) is 4.20. The van der Waals surface area contributed by atoms with Gasteiger partial charge in [0.2, 0.25) is 0 Å². The average molecular weight is 132 g/mol. The van der Waals surface area contributed by atoms with Crippen molar-refractivity contribution >= 4 is 0 Å². The average Bonchev–Trinajstić information content (AvgIpc) is 1.87. The summed E-state index contributed by atoms with van der Waals surface area (Å²) in [5.41, 5.74) is 0. The van der Waals surface area contributed by atoms with Crippen molar-refractivity contribution in [1.82, 2.24) is 0 Å². The van der Waals surface area contributed by atoms with Gasteiger partial charge in [0, 0.05) is 0 Å². The standard InChI is InChI=1S/C8H17F/c1-4-7(3)6-8(9)5-2/h7-8H,4-6H2,1-3H3. The van der Waals surface area contributed by atoms with Crippen LogP contribution in [0.2, 0.25) is 0 Å². The minimum absolute atomic E-state index is 0.556. The summed E-state index contributed by atoms with van der Waals surface area (Å²) in [5, 5.41) is 0. The number of hydrogen-bond acceptors (Lipinski definition) is 0. The van der Waals surface area contributed by atoms with Crippen molar-refractivity contribution < 1.29 is 4.39 Å². The van der Waals surface area contributed by atoms with E-state index in [1.54, 1.807) is 0 Å². The van der Waals surface area contributed by atoms with E-state index in [-0.39, 0.29) is 0 Å². The van der Waals surface area contributed by atoms with Gasteiger partial charge in [0.05, 0.1) is 0 Å². The lowest BCUT2D eigenvalue weighted by Gasteiger charge is -2.09. The summed E-state index contributed by atoms with van der Waals surface area (Å²) < 4.78 is 12.6. The van der Waals surface area contributed by atoms with Gasteiger partial charge in [0.15, 0.2) is 0 Å². The Morgan fingerprint density at radius 1 is 1.22 bits per heavy atom. The van der Waals surface area contributed by atoms with Crippen LogP contribution in [0.1, 0.15) is 40.0 Å². The molecule has 0 fully saturated rings. The SMILES string of the molecule is CCC(C)CC(F)CC. The van der Waals surface area contributed by atoms with Gasteiger partial charge in [0.1, 0.15) is 6.17 Å². The van der Waals surface area contributed by atoms with Crippen molar-refractivity contribution in [2.75, 3.05) is 0 Å². The molecule has 0 heterocycles. The maximum atomic E-state index is 12.6. The van der Waals surface area contributed by atoms with Crippen molar-refractivity contribution in [1.29, 1.82) is 0 Å². The molecule has 0 nitrogen and oxygen atoms in total. The predicted octanol–water partition coefficient (Wildman–Crippen LogP) is 3.17. The van der Waals surface area contributed by atoms with Crippen LogP contribution in [-0.4, -0.2) is 6.17 Å². The fraction of sp³-hybridized carbons (Fsp3) is 1.00. The number of alkyl halides is 1. The number of rotatable bonds is 4. The van der Waals surface area contributed by atoms with Gasteiger partial charge in [0.25, 0.3) is 0 Å². The second kappa shape index (κ2) is 4.78. The van der Waals surface area contributed by atoms with Crippen LogP contribution < -0.4 is 0 Å². The minimum Gasteiger partial charge on any atom is -0.247 e. The molecule has 2 unspecified atom stereocenters. The van der Waals surface area contributed by atoms with Crippen molar-refractivity contribution in [2.24, 2.45) is 5.92 Å². The smallest absolute Gasteiger partial charge is 0.100 e. The molecule has 0 bridgehead atoms. The Labute approximate surface area is 57.5 Å². The monoisotopic (exact) mass is 132 g/mol. The van der Waals surface area contributed by atoms with Crippen LogP contribution in [0.3, 0.4) is 0 Å². The summed E-state index contributed by atoms with van der Waals surface area (Å²) in [5.74, 6) is 0.556. The third-order valence-corrected chi connectivity index (χ3v) is 1.80. The molecule has 0 N–H and O–H groups in total. The molecule has 0 saturated carbocycles. The summed E-state index contributed by atoms with van der Waals surface area (Å²) in [6.07, 6.45) is 1.94. The maximum Gasteiger partial charge on any atom is 0.100 e. The topological polar surface area (TPSA) is 0 Å². The molecule has 1 heteroatoms. The molecule has 0 rings (SSSR count). The predicted molar refractivity (Wildman–Crippen MR) is 39.3 cm³/mol. The molecule has 0 saturated heterocycles. The van der Waals surface area contributed by atoms with Crippen LogP contribution in [0.4, 0.5) is 4.39 Å². The highest BCUT2D eigenvalue weighted by atomic mass is 19.1. The highest BCUT2D eigenvalue weighted by molar-refractivity contribution is 4.57. The summed E-state index contributed by atoms with van der Waals surface area (Å²) in [7, 11) is 0. The Bertz CT molecular complexity index is 53.6. The van der Waals surface area contributed by atoms with Gasteiger partial charge >= 0.3 is 0 Å². The quantitative estimate of drug-likeness (QED) is 0.551. The molecule has 0 spiro atoms. The fourth-order valence-electron chi connectivity index (χ4n) is 0.770. The second-order valence-corrected chi connectivity index (χ2v) is 2.75. The van der Waals surface area contributed by atoms with Gasteiger partial charge in [-0.05, 0) is 18.8 Å². The summed E-state index contributed by atoms with van der Waals surface area (Å²) in [6, 6.07) is 0. The molecule has 0 aliphatic heterocycles. The zero-order valence-electron chi connectivity index (χ0n) is 6.65. The van der Waals surface area contributed by atoms with Gasteiger partial charge in [-0.25, -0.2) is 4.39 Å². The Morgan fingerprint density at radius 2 is 1.78 bits per heavy atom. The van der Waals surface area contributed by atoms with E-state index < -0.39 is 6.17 Å². The molecular formula is C8H17F. The lowest BCUT2D eigenvalue weighted by Crippen LogP contribution is -2.04. The summed E-state index contributed by atoms with van der Waals surface area (Å²) >= 11 is 0. The molecule has 0 aliphatic rings. The second-order valence-electron chi connectivity index (χ2n) is 2.75.